The number of hydrogen-bond donors (Lipinski definition) is 2. The van der Waals surface area contributed by atoms with Crippen LogP contribution in [0, 0.1) is 15.5 Å². The van der Waals surface area contributed by atoms with E-state index in [1.807, 2.05) is 20.8 Å². The second kappa shape index (κ2) is 5.03. The van der Waals surface area contributed by atoms with Gasteiger partial charge >= 0.3 is 5.69 Å². The fourth-order valence-electron chi connectivity index (χ4n) is 1.30. The maximum Gasteiger partial charge on any atom is 0.311 e. The highest BCUT2D eigenvalue weighted by Crippen LogP contribution is 2.29. The number of hydrogen-bond acceptors (Lipinski definition) is 4. The minimum atomic E-state index is -0.726. The lowest BCUT2D eigenvalue weighted by molar-refractivity contribution is -0.385. The van der Waals surface area contributed by atoms with Gasteiger partial charge in [-0.1, -0.05) is 26.8 Å². The SMILES string of the molecule is CC(C)(C)CNC(=O)c1cccc([N+](=O)[O-])c1O. The van der Waals surface area contributed by atoms with Gasteiger partial charge in [0.05, 0.1) is 10.5 Å². The van der Waals surface area contributed by atoms with Gasteiger partial charge in [-0.2, -0.15) is 0 Å². The number of nitrogens with one attached hydrogen (secondary N) is 1. The molecule has 0 saturated heterocycles. The third-order valence-corrected chi connectivity index (χ3v) is 2.24. The number of phenolic OH excluding ortho intramolecular Hbond substituents is 1. The number of amides is 1. The molecular formula is C12H16N2O4. The van der Waals surface area contributed by atoms with Gasteiger partial charge in [0.1, 0.15) is 0 Å². The topological polar surface area (TPSA) is 92.5 Å². The van der Waals surface area contributed by atoms with Gasteiger partial charge in [0.25, 0.3) is 5.91 Å². The van der Waals surface area contributed by atoms with Gasteiger partial charge in [-0.05, 0) is 11.5 Å². The molecule has 0 spiro atoms. The number of nitro groups is 1. The maximum atomic E-state index is 11.8. The Bertz CT molecular complexity index is 477. The predicted molar refractivity (Wildman–Crippen MR) is 66.5 cm³/mol. The van der Waals surface area contributed by atoms with Gasteiger partial charge < -0.3 is 10.4 Å². The number of carbonyl (C=O) groups is 1. The van der Waals surface area contributed by atoms with E-state index < -0.39 is 22.3 Å². The van der Waals surface area contributed by atoms with Crippen LogP contribution in [0.2, 0.25) is 0 Å². The predicted octanol–water partition coefficient (Wildman–Crippen LogP) is 2.08. The fourth-order valence-corrected chi connectivity index (χ4v) is 1.30. The summed E-state index contributed by atoms with van der Waals surface area (Å²) in [6.07, 6.45) is 0. The van der Waals surface area contributed by atoms with Gasteiger partial charge in [-0.25, -0.2) is 0 Å². The van der Waals surface area contributed by atoms with Crippen LogP contribution in [0.1, 0.15) is 31.1 Å². The first-order chi connectivity index (χ1) is 8.22. The summed E-state index contributed by atoms with van der Waals surface area (Å²) in [5, 5.41) is 22.9. The summed E-state index contributed by atoms with van der Waals surface area (Å²) in [7, 11) is 0. The lowest BCUT2D eigenvalue weighted by atomic mass is 9.97. The number of aromatic hydroxyl groups is 1. The van der Waals surface area contributed by atoms with E-state index in [0.717, 1.165) is 6.07 Å². The Hall–Kier alpha value is -2.11. The van der Waals surface area contributed by atoms with Crippen molar-refractivity contribution in [3.8, 4) is 5.75 Å². The molecule has 0 heterocycles. The zero-order chi connectivity index (χ0) is 13.9. The van der Waals surface area contributed by atoms with Crippen molar-refractivity contribution < 1.29 is 14.8 Å². The van der Waals surface area contributed by atoms with Crippen LogP contribution in [-0.2, 0) is 0 Å². The van der Waals surface area contributed by atoms with E-state index in [-0.39, 0.29) is 11.0 Å². The number of nitro benzene ring substituents is 1. The molecule has 1 aromatic carbocycles. The zero-order valence-electron chi connectivity index (χ0n) is 10.6. The van der Waals surface area contributed by atoms with E-state index in [1.54, 1.807) is 0 Å². The molecule has 18 heavy (non-hydrogen) atoms. The van der Waals surface area contributed by atoms with Gasteiger partial charge in [0.2, 0.25) is 5.75 Å². The molecular weight excluding hydrogens is 236 g/mol. The maximum absolute atomic E-state index is 11.8. The van der Waals surface area contributed by atoms with Crippen molar-refractivity contribution in [3.05, 3.63) is 33.9 Å². The molecule has 98 valence electrons. The van der Waals surface area contributed by atoms with Crippen molar-refractivity contribution in [1.29, 1.82) is 0 Å². The summed E-state index contributed by atoms with van der Waals surface area (Å²) in [4.78, 5) is 21.7. The van der Waals surface area contributed by atoms with Crippen LogP contribution < -0.4 is 5.32 Å². The first-order valence-corrected chi connectivity index (χ1v) is 5.47. The first-order valence-electron chi connectivity index (χ1n) is 5.47. The van der Waals surface area contributed by atoms with E-state index >= 15 is 0 Å². The molecule has 0 bridgehead atoms. The minimum absolute atomic E-state index is 0.0894. The summed E-state index contributed by atoms with van der Waals surface area (Å²) in [6, 6.07) is 3.86. The Morgan fingerprint density at radius 2 is 2.06 bits per heavy atom. The number of nitrogens with zero attached hydrogens (tertiary/aromatic N) is 1. The Labute approximate surface area is 105 Å². The molecule has 0 fully saturated rings. The van der Waals surface area contributed by atoms with Crippen LogP contribution in [-0.4, -0.2) is 22.5 Å². The van der Waals surface area contributed by atoms with Crippen molar-refractivity contribution in [2.75, 3.05) is 6.54 Å². The van der Waals surface area contributed by atoms with Crippen LogP contribution in [0.4, 0.5) is 5.69 Å². The van der Waals surface area contributed by atoms with E-state index in [2.05, 4.69) is 5.32 Å². The van der Waals surface area contributed by atoms with E-state index in [1.165, 1.54) is 12.1 Å². The lowest BCUT2D eigenvalue weighted by Gasteiger charge is -2.18. The molecule has 0 aromatic heterocycles. The second-order valence-electron chi connectivity index (χ2n) is 5.17. The average molecular weight is 252 g/mol. The van der Waals surface area contributed by atoms with Crippen LogP contribution in [0.3, 0.4) is 0 Å². The molecule has 1 aromatic rings. The summed E-state index contributed by atoms with van der Waals surface area (Å²) in [5.41, 5.74) is -0.668. The van der Waals surface area contributed by atoms with E-state index in [9.17, 15) is 20.0 Å². The smallest absolute Gasteiger partial charge is 0.311 e. The van der Waals surface area contributed by atoms with Gasteiger partial charge in [0, 0.05) is 12.6 Å². The quantitative estimate of drug-likeness (QED) is 0.636. The molecule has 1 rings (SSSR count). The third-order valence-electron chi connectivity index (χ3n) is 2.24. The minimum Gasteiger partial charge on any atom is -0.502 e. The summed E-state index contributed by atoms with van der Waals surface area (Å²) in [5.74, 6) is -1.12. The van der Waals surface area contributed by atoms with Crippen molar-refractivity contribution in [1.82, 2.24) is 5.32 Å². The Morgan fingerprint density at radius 1 is 1.44 bits per heavy atom. The van der Waals surface area contributed by atoms with Crippen molar-refractivity contribution in [2.45, 2.75) is 20.8 Å². The molecule has 0 saturated carbocycles. The molecule has 2 N–H and O–H groups in total. The van der Waals surface area contributed by atoms with Gasteiger partial charge in [0.15, 0.2) is 0 Å². The molecule has 1 amide bonds. The van der Waals surface area contributed by atoms with Crippen LogP contribution >= 0.6 is 0 Å². The normalized spacial score (nSPS) is 11.1. The highest BCUT2D eigenvalue weighted by atomic mass is 16.6. The van der Waals surface area contributed by atoms with Crippen molar-refractivity contribution in [2.24, 2.45) is 5.41 Å². The van der Waals surface area contributed by atoms with E-state index in [0.29, 0.717) is 6.54 Å². The summed E-state index contributed by atoms with van der Waals surface area (Å²) < 4.78 is 0. The number of phenols is 1. The zero-order valence-corrected chi connectivity index (χ0v) is 10.6. The van der Waals surface area contributed by atoms with Crippen LogP contribution in [0.15, 0.2) is 18.2 Å². The highest BCUT2D eigenvalue weighted by molar-refractivity contribution is 5.98. The third kappa shape index (κ3) is 3.44. The van der Waals surface area contributed by atoms with E-state index in [4.69, 9.17) is 0 Å². The molecule has 0 aliphatic rings. The highest BCUT2D eigenvalue weighted by Gasteiger charge is 2.21. The molecule has 0 aliphatic carbocycles. The van der Waals surface area contributed by atoms with Crippen molar-refractivity contribution in [3.63, 3.8) is 0 Å². The number of para-hydroxylation sites is 1. The van der Waals surface area contributed by atoms with Crippen LogP contribution in [0.5, 0.6) is 5.75 Å². The lowest BCUT2D eigenvalue weighted by Crippen LogP contribution is -2.32. The molecule has 0 unspecified atom stereocenters. The van der Waals surface area contributed by atoms with Gasteiger partial charge in [-0.3, -0.25) is 14.9 Å². The number of carbonyl (C=O) groups excluding carboxylic acids is 1. The molecule has 0 atom stereocenters. The Morgan fingerprint density at radius 3 is 2.56 bits per heavy atom. The van der Waals surface area contributed by atoms with Gasteiger partial charge in [-0.15, -0.1) is 0 Å². The van der Waals surface area contributed by atoms with Crippen molar-refractivity contribution >= 4 is 11.6 Å². The number of rotatable bonds is 3. The average Bonchev–Trinajstić information content (AvgIpc) is 2.24. The molecule has 0 radical (unpaired) electrons. The standard InChI is InChI=1S/C12H16N2O4/c1-12(2,3)7-13-11(16)8-5-4-6-9(10(8)15)14(17)18/h4-6,15H,7H2,1-3H3,(H,13,16). The summed E-state index contributed by atoms with van der Waals surface area (Å²) in [6.45, 7) is 6.25. The monoisotopic (exact) mass is 252 g/mol. The molecule has 0 aliphatic heterocycles. The molecule has 6 heteroatoms. The Balaban J connectivity index is 2.93. The van der Waals surface area contributed by atoms with Crippen LogP contribution in [0.25, 0.3) is 0 Å². The first kappa shape index (κ1) is 14.0. The largest absolute Gasteiger partial charge is 0.502 e. The number of benzene rings is 1. The molecule has 6 nitrogen and oxygen atoms in total. The Kier molecular flexibility index (Phi) is 3.90. The fraction of sp³-hybridized carbons (Fsp3) is 0.417. The summed E-state index contributed by atoms with van der Waals surface area (Å²) >= 11 is 0. The second-order valence-corrected chi connectivity index (χ2v) is 5.17.